The number of nitrogens with one attached hydrogen (secondary N) is 1. The van der Waals surface area contributed by atoms with Crippen molar-refractivity contribution in [3.05, 3.63) is 98.0 Å². The Kier molecular flexibility index (Phi) is 7.51. The van der Waals surface area contributed by atoms with Crippen molar-refractivity contribution in [2.75, 3.05) is 5.32 Å². The summed E-state index contributed by atoms with van der Waals surface area (Å²) in [5.41, 5.74) is 4.74. The fourth-order valence-electron chi connectivity index (χ4n) is 3.08. The molecule has 0 unspecified atom stereocenters. The van der Waals surface area contributed by atoms with Gasteiger partial charge in [0.2, 0.25) is 0 Å². The zero-order valence-corrected chi connectivity index (χ0v) is 19.4. The van der Waals surface area contributed by atoms with Crippen molar-refractivity contribution < 1.29 is 9.53 Å². The van der Waals surface area contributed by atoms with Crippen molar-refractivity contribution in [2.45, 2.75) is 20.5 Å². The summed E-state index contributed by atoms with van der Waals surface area (Å²) in [4.78, 5) is 12.4. The van der Waals surface area contributed by atoms with Crippen molar-refractivity contribution in [3.8, 4) is 11.8 Å². The Morgan fingerprint density at radius 3 is 2.39 bits per heavy atom. The minimum Gasteiger partial charge on any atom is -0.488 e. The molecule has 0 fully saturated rings. The van der Waals surface area contributed by atoms with E-state index in [2.05, 4.69) is 53.3 Å². The van der Waals surface area contributed by atoms with Gasteiger partial charge in [0.15, 0.2) is 0 Å². The van der Waals surface area contributed by atoms with Gasteiger partial charge in [0, 0.05) is 10.7 Å². The molecule has 0 radical (unpaired) electrons. The normalized spacial score (nSPS) is 11.0. The van der Waals surface area contributed by atoms with Gasteiger partial charge in [0.05, 0.1) is 4.47 Å². The smallest absolute Gasteiger partial charge is 0.266 e. The van der Waals surface area contributed by atoms with E-state index in [4.69, 9.17) is 16.3 Å². The van der Waals surface area contributed by atoms with Gasteiger partial charge >= 0.3 is 0 Å². The Labute approximate surface area is 195 Å². The van der Waals surface area contributed by atoms with Crippen LogP contribution in [0.1, 0.15) is 22.3 Å². The molecule has 1 amide bonds. The van der Waals surface area contributed by atoms with Crippen molar-refractivity contribution in [1.82, 2.24) is 0 Å². The van der Waals surface area contributed by atoms with Crippen LogP contribution in [0.2, 0.25) is 5.02 Å². The predicted molar refractivity (Wildman–Crippen MR) is 128 cm³/mol. The third kappa shape index (κ3) is 6.45. The van der Waals surface area contributed by atoms with Crippen molar-refractivity contribution in [3.63, 3.8) is 0 Å². The maximum absolute atomic E-state index is 12.4. The van der Waals surface area contributed by atoms with E-state index >= 15 is 0 Å². The van der Waals surface area contributed by atoms with Crippen LogP contribution in [-0.2, 0) is 11.4 Å². The first-order chi connectivity index (χ1) is 14.8. The second-order valence-corrected chi connectivity index (χ2v) is 8.40. The zero-order valence-electron chi connectivity index (χ0n) is 17.1. The number of carbonyl (C=O) groups excluding carboxylic acids is 1. The number of anilines is 1. The number of nitriles is 1. The van der Waals surface area contributed by atoms with Crippen LogP contribution in [0, 0.1) is 25.2 Å². The van der Waals surface area contributed by atoms with Crippen LogP contribution in [0.4, 0.5) is 5.69 Å². The van der Waals surface area contributed by atoms with Crippen molar-refractivity contribution in [1.29, 1.82) is 5.26 Å². The molecule has 3 aromatic carbocycles. The lowest BCUT2D eigenvalue weighted by molar-refractivity contribution is -0.112. The van der Waals surface area contributed by atoms with Crippen LogP contribution in [0.3, 0.4) is 0 Å². The summed E-state index contributed by atoms with van der Waals surface area (Å²) >= 11 is 9.36. The van der Waals surface area contributed by atoms with E-state index in [0.29, 0.717) is 28.6 Å². The maximum atomic E-state index is 12.4. The van der Waals surface area contributed by atoms with Gasteiger partial charge in [-0.05, 0) is 83.4 Å². The number of hydrogen-bond acceptors (Lipinski definition) is 3. The summed E-state index contributed by atoms with van der Waals surface area (Å²) in [7, 11) is 0. The van der Waals surface area contributed by atoms with Crippen LogP contribution >= 0.6 is 27.5 Å². The van der Waals surface area contributed by atoms with Gasteiger partial charge in [-0.2, -0.15) is 5.26 Å². The summed E-state index contributed by atoms with van der Waals surface area (Å²) < 4.78 is 6.67. The molecule has 4 nitrogen and oxygen atoms in total. The number of amides is 1. The van der Waals surface area contributed by atoms with Gasteiger partial charge in [0.25, 0.3) is 5.91 Å². The molecule has 0 aromatic heterocycles. The molecule has 3 rings (SSSR count). The molecular formula is C25H20BrClN2O2. The summed E-state index contributed by atoms with van der Waals surface area (Å²) in [5.74, 6) is 0.191. The lowest BCUT2D eigenvalue weighted by atomic mass is 10.1. The van der Waals surface area contributed by atoms with Gasteiger partial charge in [-0.1, -0.05) is 47.0 Å². The fourth-order valence-corrected chi connectivity index (χ4v) is 3.72. The number of benzene rings is 3. The summed E-state index contributed by atoms with van der Waals surface area (Å²) in [6.45, 7) is 4.57. The molecule has 31 heavy (non-hydrogen) atoms. The van der Waals surface area contributed by atoms with Gasteiger partial charge < -0.3 is 10.1 Å². The number of halogens is 2. The van der Waals surface area contributed by atoms with E-state index in [9.17, 15) is 10.1 Å². The third-order valence-electron chi connectivity index (χ3n) is 4.41. The molecule has 156 valence electrons. The Balaban J connectivity index is 1.71. The Morgan fingerprint density at radius 1 is 1.10 bits per heavy atom. The molecule has 0 spiro atoms. The summed E-state index contributed by atoms with van der Waals surface area (Å²) in [6, 6.07) is 20.4. The van der Waals surface area contributed by atoms with Crippen LogP contribution in [0.25, 0.3) is 6.08 Å². The van der Waals surface area contributed by atoms with E-state index < -0.39 is 5.91 Å². The van der Waals surface area contributed by atoms with Gasteiger partial charge in [-0.3, -0.25) is 4.79 Å². The van der Waals surface area contributed by atoms with E-state index in [0.717, 1.165) is 10.0 Å². The SMILES string of the molecule is Cc1cc(C)cc(COc2ccc(/C=C(\C#N)C(=O)Nc3ccc(Cl)cc3)cc2Br)c1. The van der Waals surface area contributed by atoms with Crippen LogP contribution in [0.15, 0.2) is 70.7 Å². The molecule has 0 aliphatic rings. The van der Waals surface area contributed by atoms with E-state index in [1.807, 2.05) is 18.2 Å². The van der Waals surface area contributed by atoms with Crippen LogP contribution < -0.4 is 10.1 Å². The lowest BCUT2D eigenvalue weighted by Crippen LogP contribution is -2.13. The van der Waals surface area contributed by atoms with Crippen molar-refractivity contribution >= 4 is 45.2 Å². The molecular weight excluding hydrogens is 476 g/mol. The molecule has 6 heteroatoms. The maximum Gasteiger partial charge on any atom is 0.266 e. The number of carbonyl (C=O) groups is 1. The predicted octanol–water partition coefficient (Wildman–Crippen LogP) is 6.84. The van der Waals surface area contributed by atoms with Gasteiger partial charge in [-0.15, -0.1) is 0 Å². The molecule has 0 saturated carbocycles. The number of rotatable bonds is 6. The topological polar surface area (TPSA) is 62.1 Å². The first-order valence-corrected chi connectivity index (χ1v) is 10.7. The fraction of sp³-hybridized carbons (Fsp3) is 0.120. The molecule has 0 atom stereocenters. The minimum atomic E-state index is -0.490. The molecule has 0 aliphatic carbocycles. The molecule has 0 heterocycles. The monoisotopic (exact) mass is 494 g/mol. The second kappa shape index (κ2) is 10.3. The van der Waals surface area contributed by atoms with Gasteiger partial charge in [0.1, 0.15) is 24.0 Å². The average molecular weight is 496 g/mol. The highest BCUT2D eigenvalue weighted by atomic mass is 79.9. The quantitative estimate of drug-likeness (QED) is 0.301. The molecule has 0 aliphatic heterocycles. The van der Waals surface area contributed by atoms with Crippen LogP contribution in [-0.4, -0.2) is 5.91 Å². The number of aryl methyl sites for hydroxylation is 2. The number of hydrogen-bond donors (Lipinski definition) is 1. The third-order valence-corrected chi connectivity index (χ3v) is 5.28. The Hall–Kier alpha value is -3.07. The number of ether oxygens (including phenoxy) is 1. The highest BCUT2D eigenvalue weighted by Crippen LogP contribution is 2.28. The van der Waals surface area contributed by atoms with Gasteiger partial charge in [-0.25, -0.2) is 0 Å². The standard InChI is InChI=1S/C25H20BrClN2O2/c1-16-9-17(2)11-19(10-16)15-31-24-8-3-18(13-23(24)26)12-20(14-28)25(30)29-22-6-4-21(27)5-7-22/h3-13H,15H2,1-2H3,(H,29,30)/b20-12+. The first-order valence-electron chi connectivity index (χ1n) is 9.52. The Morgan fingerprint density at radius 2 is 1.77 bits per heavy atom. The Bertz CT molecular complexity index is 1160. The minimum absolute atomic E-state index is 0.00856. The lowest BCUT2D eigenvalue weighted by Gasteiger charge is -2.10. The summed E-state index contributed by atoms with van der Waals surface area (Å²) in [6.07, 6.45) is 1.53. The van der Waals surface area contributed by atoms with E-state index in [-0.39, 0.29) is 5.57 Å². The largest absolute Gasteiger partial charge is 0.488 e. The molecule has 1 N–H and O–H groups in total. The summed E-state index contributed by atoms with van der Waals surface area (Å²) in [5, 5.41) is 12.7. The van der Waals surface area contributed by atoms with E-state index in [1.54, 1.807) is 30.3 Å². The average Bonchev–Trinajstić information content (AvgIpc) is 2.72. The van der Waals surface area contributed by atoms with Crippen LogP contribution in [0.5, 0.6) is 5.75 Å². The zero-order chi connectivity index (χ0) is 22.4. The molecule has 3 aromatic rings. The first kappa shape index (κ1) is 22.6. The highest BCUT2D eigenvalue weighted by Gasteiger charge is 2.11. The molecule has 0 bridgehead atoms. The highest BCUT2D eigenvalue weighted by molar-refractivity contribution is 9.10. The second-order valence-electron chi connectivity index (χ2n) is 7.11. The van der Waals surface area contributed by atoms with E-state index in [1.165, 1.54) is 17.2 Å². The molecule has 0 saturated heterocycles. The number of nitrogens with zero attached hydrogens (tertiary/aromatic N) is 1. The van der Waals surface area contributed by atoms with Crippen molar-refractivity contribution in [2.24, 2.45) is 0 Å².